The standard InChI is InChI=1S/C16H16Cl2N2O5S/c1-20(25-3)26(22,23)15-8-10(4-6-12(15)18)16(21)19-13-9-11(17)5-7-14(13)24-2/h4-9H,1-3H3,(H,19,21). The number of amides is 1. The molecule has 0 aliphatic heterocycles. The summed E-state index contributed by atoms with van der Waals surface area (Å²) in [4.78, 5) is 17.0. The predicted octanol–water partition coefficient (Wildman–Crippen LogP) is 3.44. The third kappa shape index (κ3) is 4.28. The summed E-state index contributed by atoms with van der Waals surface area (Å²) in [6.07, 6.45) is 0. The van der Waals surface area contributed by atoms with Gasteiger partial charge in [0.1, 0.15) is 10.6 Å². The van der Waals surface area contributed by atoms with Gasteiger partial charge < -0.3 is 10.1 Å². The van der Waals surface area contributed by atoms with E-state index in [4.69, 9.17) is 32.8 Å². The Morgan fingerprint density at radius 3 is 2.42 bits per heavy atom. The summed E-state index contributed by atoms with van der Waals surface area (Å²) in [7, 11) is -0.145. The van der Waals surface area contributed by atoms with Gasteiger partial charge in [0.05, 0.1) is 24.9 Å². The van der Waals surface area contributed by atoms with Gasteiger partial charge in [0, 0.05) is 17.6 Å². The van der Waals surface area contributed by atoms with Crippen molar-refractivity contribution in [3.8, 4) is 5.75 Å². The summed E-state index contributed by atoms with van der Waals surface area (Å²) >= 11 is 11.9. The van der Waals surface area contributed by atoms with Crippen LogP contribution in [-0.2, 0) is 14.9 Å². The fourth-order valence-electron chi connectivity index (χ4n) is 2.05. The first kappa shape index (κ1) is 20.5. The highest BCUT2D eigenvalue weighted by Gasteiger charge is 2.25. The maximum atomic E-state index is 12.5. The molecule has 0 unspecified atom stereocenters. The minimum absolute atomic E-state index is 0.0363. The molecular formula is C16H16Cl2N2O5S. The van der Waals surface area contributed by atoms with Gasteiger partial charge >= 0.3 is 0 Å². The monoisotopic (exact) mass is 418 g/mol. The van der Waals surface area contributed by atoms with Crippen LogP contribution in [0.25, 0.3) is 0 Å². The lowest BCUT2D eigenvalue weighted by Crippen LogP contribution is -2.26. The normalized spacial score (nSPS) is 11.5. The van der Waals surface area contributed by atoms with E-state index in [0.717, 1.165) is 0 Å². The van der Waals surface area contributed by atoms with E-state index < -0.39 is 15.9 Å². The maximum Gasteiger partial charge on any atom is 0.266 e. The molecule has 26 heavy (non-hydrogen) atoms. The smallest absolute Gasteiger partial charge is 0.266 e. The molecule has 0 saturated heterocycles. The number of methoxy groups -OCH3 is 1. The van der Waals surface area contributed by atoms with Crippen LogP contribution >= 0.6 is 23.2 Å². The number of halogens is 2. The number of benzene rings is 2. The van der Waals surface area contributed by atoms with Crippen molar-refractivity contribution in [1.29, 1.82) is 0 Å². The Bertz CT molecular complexity index is 934. The number of rotatable bonds is 6. The van der Waals surface area contributed by atoms with Crippen molar-refractivity contribution < 1.29 is 22.8 Å². The van der Waals surface area contributed by atoms with Crippen LogP contribution in [0.15, 0.2) is 41.3 Å². The molecule has 7 nitrogen and oxygen atoms in total. The number of anilines is 1. The summed E-state index contributed by atoms with van der Waals surface area (Å²) in [5.41, 5.74) is 0.429. The van der Waals surface area contributed by atoms with Gasteiger partial charge in [0.2, 0.25) is 0 Å². The van der Waals surface area contributed by atoms with E-state index in [-0.39, 0.29) is 15.5 Å². The molecule has 0 atom stereocenters. The number of ether oxygens (including phenoxy) is 1. The first-order valence-electron chi connectivity index (χ1n) is 7.18. The second-order valence-electron chi connectivity index (χ2n) is 5.04. The highest BCUT2D eigenvalue weighted by Crippen LogP contribution is 2.29. The van der Waals surface area contributed by atoms with Gasteiger partial charge in [-0.15, -0.1) is 0 Å². The molecule has 0 bridgehead atoms. The van der Waals surface area contributed by atoms with Crippen LogP contribution in [0.4, 0.5) is 5.69 Å². The van der Waals surface area contributed by atoms with Gasteiger partial charge in [-0.05, 0) is 36.4 Å². The SMILES string of the molecule is COc1ccc(Cl)cc1NC(=O)c1ccc(Cl)c(S(=O)(=O)N(C)OC)c1. The Morgan fingerprint density at radius 1 is 1.12 bits per heavy atom. The van der Waals surface area contributed by atoms with Crippen molar-refractivity contribution in [2.24, 2.45) is 0 Å². The average Bonchev–Trinajstić information content (AvgIpc) is 2.61. The highest BCUT2D eigenvalue weighted by molar-refractivity contribution is 7.89. The van der Waals surface area contributed by atoms with Crippen LogP contribution in [0, 0.1) is 0 Å². The van der Waals surface area contributed by atoms with Crippen molar-refractivity contribution in [2.75, 3.05) is 26.6 Å². The molecule has 2 rings (SSSR count). The second-order valence-corrected chi connectivity index (χ2v) is 7.79. The summed E-state index contributed by atoms with van der Waals surface area (Å²) in [5, 5.41) is 3.00. The van der Waals surface area contributed by atoms with E-state index in [2.05, 4.69) is 5.32 Å². The van der Waals surface area contributed by atoms with Crippen molar-refractivity contribution in [3.05, 3.63) is 52.0 Å². The van der Waals surface area contributed by atoms with Gasteiger partial charge in [-0.3, -0.25) is 9.63 Å². The lowest BCUT2D eigenvalue weighted by molar-refractivity contribution is -0.0258. The molecule has 1 amide bonds. The molecular weight excluding hydrogens is 403 g/mol. The maximum absolute atomic E-state index is 12.5. The summed E-state index contributed by atoms with van der Waals surface area (Å²) in [6.45, 7) is 0. The molecule has 0 heterocycles. The summed E-state index contributed by atoms with van der Waals surface area (Å²) < 4.78 is 30.6. The largest absolute Gasteiger partial charge is 0.495 e. The molecule has 1 N–H and O–H groups in total. The van der Waals surface area contributed by atoms with Gasteiger partial charge in [-0.25, -0.2) is 8.42 Å². The number of nitrogens with zero attached hydrogens (tertiary/aromatic N) is 1. The number of carbonyl (C=O) groups excluding carboxylic acids is 1. The second kappa shape index (κ2) is 8.24. The van der Waals surface area contributed by atoms with E-state index in [1.54, 1.807) is 12.1 Å². The van der Waals surface area contributed by atoms with Gasteiger partial charge in [0.25, 0.3) is 15.9 Å². The Hall–Kier alpha value is -1.84. The van der Waals surface area contributed by atoms with Crippen LogP contribution in [0.3, 0.4) is 0 Å². The van der Waals surface area contributed by atoms with Crippen LogP contribution in [0.1, 0.15) is 10.4 Å². The van der Waals surface area contributed by atoms with Crippen LogP contribution in [0.5, 0.6) is 5.75 Å². The first-order valence-corrected chi connectivity index (χ1v) is 9.37. The van der Waals surface area contributed by atoms with E-state index in [9.17, 15) is 13.2 Å². The summed E-state index contributed by atoms with van der Waals surface area (Å²) in [6, 6.07) is 8.62. The topological polar surface area (TPSA) is 84.9 Å². The van der Waals surface area contributed by atoms with Crippen molar-refractivity contribution in [2.45, 2.75) is 4.90 Å². The number of carbonyl (C=O) groups is 1. The zero-order chi connectivity index (χ0) is 19.5. The van der Waals surface area contributed by atoms with E-state index >= 15 is 0 Å². The third-order valence-electron chi connectivity index (χ3n) is 3.48. The first-order chi connectivity index (χ1) is 12.2. The minimum Gasteiger partial charge on any atom is -0.495 e. The van der Waals surface area contributed by atoms with Crippen LogP contribution in [-0.4, -0.2) is 40.1 Å². The Balaban J connectivity index is 2.40. The predicted molar refractivity (Wildman–Crippen MR) is 99.4 cm³/mol. The van der Waals surface area contributed by atoms with E-state index in [1.807, 2.05) is 0 Å². The number of hydrogen-bond acceptors (Lipinski definition) is 5. The Kier molecular flexibility index (Phi) is 6.48. The fourth-order valence-corrected chi connectivity index (χ4v) is 3.70. The van der Waals surface area contributed by atoms with Gasteiger partial charge in [-0.1, -0.05) is 27.7 Å². The van der Waals surface area contributed by atoms with E-state index in [0.29, 0.717) is 20.9 Å². The van der Waals surface area contributed by atoms with Gasteiger partial charge in [0.15, 0.2) is 0 Å². The fraction of sp³-hybridized carbons (Fsp3) is 0.188. The summed E-state index contributed by atoms with van der Waals surface area (Å²) in [5.74, 6) is -0.151. The molecule has 0 aromatic heterocycles. The molecule has 0 radical (unpaired) electrons. The molecule has 0 aliphatic carbocycles. The van der Waals surface area contributed by atoms with Crippen molar-refractivity contribution >= 4 is 44.8 Å². The zero-order valence-corrected chi connectivity index (χ0v) is 16.4. The van der Waals surface area contributed by atoms with Gasteiger partial charge in [-0.2, -0.15) is 0 Å². The minimum atomic E-state index is -4.01. The van der Waals surface area contributed by atoms with Crippen molar-refractivity contribution in [1.82, 2.24) is 4.47 Å². The molecule has 10 heteroatoms. The third-order valence-corrected chi connectivity index (χ3v) is 5.87. The molecule has 140 valence electrons. The highest BCUT2D eigenvalue weighted by atomic mass is 35.5. The lowest BCUT2D eigenvalue weighted by Gasteiger charge is -2.16. The van der Waals surface area contributed by atoms with E-state index in [1.165, 1.54) is 45.5 Å². The molecule has 0 fully saturated rings. The number of hydroxylamine groups is 1. The molecule has 2 aromatic rings. The lowest BCUT2D eigenvalue weighted by atomic mass is 10.2. The Morgan fingerprint density at radius 2 is 1.81 bits per heavy atom. The number of nitrogens with one attached hydrogen (secondary N) is 1. The average molecular weight is 419 g/mol. The molecule has 0 saturated carbocycles. The Labute approximate surface area is 161 Å². The van der Waals surface area contributed by atoms with Crippen molar-refractivity contribution in [3.63, 3.8) is 0 Å². The van der Waals surface area contributed by atoms with Crippen LogP contribution in [0.2, 0.25) is 10.0 Å². The molecule has 2 aromatic carbocycles. The quantitative estimate of drug-likeness (QED) is 0.726. The van der Waals surface area contributed by atoms with Crippen LogP contribution < -0.4 is 10.1 Å². The number of hydrogen-bond donors (Lipinski definition) is 1. The molecule has 0 spiro atoms. The number of sulfonamides is 1. The zero-order valence-electron chi connectivity index (χ0n) is 14.1. The molecule has 0 aliphatic rings.